The molecule has 1 aromatic heterocycles. The van der Waals surface area contributed by atoms with E-state index in [2.05, 4.69) is 15.7 Å². The van der Waals surface area contributed by atoms with Gasteiger partial charge < -0.3 is 10.6 Å². The highest BCUT2D eigenvalue weighted by molar-refractivity contribution is 5.91. The lowest BCUT2D eigenvalue weighted by Crippen LogP contribution is -2.28. The van der Waals surface area contributed by atoms with Crippen LogP contribution in [0.3, 0.4) is 0 Å². The first-order valence-electron chi connectivity index (χ1n) is 6.82. The molecule has 1 aliphatic heterocycles. The fourth-order valence-corrected chi connectivity index (χ4v) is 3.01. The number of carbonyl (C=O) groups excluding carboxylic acids is 1. The lowest BCUT2D eigenvalue weighted by molar-refractivity contribution is -0.116. The number of aryl methyl sites for hydroxylation is 2. The average molecular weight is 248 g/mol. The third-order valence-corrected chi connectivity index (χ3v) is 3.92. The fourth-order valence-electron chi connectivity index (χ4n) is 3.01. The number of nitrogens with zero attached hydrogens (tertiary/aromatic N) is 2. The molecule has 0 saturated carbocycles. The first-order chi connectivity index (χ1) is 8.74. The Bertz CT molecular complexity index is 460. The normalized spacial score (nSPS) is 22.2. The highest BCUT2D eigenvalue weighted by Crippen LogP contribution is 2.28. The van der Waals surface area contributed by atoms with Gasteiger partial charge in [-0.25, -0.2) is 0 Å². The van der Waals surface area contributed by atoms with Crippen LogP contribution in [0.2, 0.25) is 0 Å². The largest absolute Gasteiger partial charge is 0.313 e. The highest BCUT2D eigenvalue weighted by Gasteiger charge is 2.23. The molecule has 18 heavy (non-hydrogen) atoms. The van der Waals surface area contributed by atoms with Crippen molar-refractivity contribution in [2.24, 2.45) is 7.05 Å². The maximum atomic E-state index is 12.0. The lowest BCUT2D eigenvalue weighted by Gasteiger charge is -2.11. The van der Waals surface area contributed by atoms with Gasteiger partial charge in [0.2, 0.25) is 5.91 Å². The van der Waals surface area contributed by atoms with Crippen molar-refractivity contribution in [3.63, 3.8) is 0 Å². The van der Waals surface area contributed by atoms with Gasteiger partial charge in [0.15, 0.2) is 0 Å². The summed E-state index contributed by atoms with van der Waals surface area (Å²) in [5, 5.41) is 10.9. The fraction of sp³-hybridized carbons (Fsp3) is 0.692. The number of aromatic nitrogens is 2. The summed E-state index contributed by atoms with van der Waals surface area (Å²) in [5.41, 5.74) is 2.40. The van der Waals surface area contributed by atoms with E-state index in [1.165, 1.54) is 12.0 Å². The molecule has 2 aliphatic rings. The number of rotatable bonds is 3. The minimum atomic E-state index is 0.104. The van der Waals surface area contributed by atoms with Gasteiger partial charge in [0.05, 0.1) is 5.69 Å². The van der Waals surface area contributed by atoms with Crippen LogP contribution < -0.4 is 10.6 Å². The predicted octanol–water partition coefficient (Wildman–Crippen LogP) is 0.989. The second-order valence-electron chi connectivity index (χ2n) is 5.30. The Morgan fingerprint density at radius 1 is 1.50 bits per heavy atom. The Morgan fingerprint density at radius 2 is 2.39 bits per heavy atom. The SMILES string of the molecule is Cn1nc2c(c1NC(=O)CC1CCCN1)CCC2. The molecule has 1 unspecified atom stereocenters. The Hall–Kier alpha value is -1.36. The summed E-state index contributed by atoms with van der Waals surface area (Å²) in [6.07, 6.45) is 6.10. The number of nitrogens with one attached hydrogen (secondary N) is 2. The molecule has 1 fully saturated rings. The van der Waals surface area contributed by atoms with Crippen LogP contribution >= 0.6 is 0 Å². The van der Waals surface area contributed by atoms with E-state index in [4.69, 9.17) is 0 Å². The molecular formula is C13H20N4O. The first-order valence-corrected chi connectivity index (χ1v) is 6.82. The van der Waals surface area contributed by atoms with E-state index in [0.717, 1.165) is 43.7 Å². The highest BCUT2D eigenvalue weighted by atomic mass is 16.1. The maximum absolute atomic E-state index is 12.0. The summed E-state index contributed by atoms with van der Waals surface area (Å²) in [6.45, 7) is 1.04. The Labute approximate surface area is 107 Å². The Balaban J connectivity index is 1.66. The summed E-state index contributed by atoms with van der Waals surface area (Å²) in [5.74, 6) is 1.01. The summed E-state index contributed by atoms with van der Waals surface area (Å²) >= 11 is 0. The molecule has 5 nitrogen and oxygen atoms in total. The van der Waals surface area contributed by atoms with Gasteiger partial charge in [0, 0.05) is 25.1 Å². The third-order valence-electron chi connectivity index (χ3n) is 3.92. The van der Waals surface area contributed by atoms with Crippen LogP contribution in [0.15, 0.2) is 0 Å². The van der Waals surface area contributed by atoms with Crippen molar-refractivity contribution >= 4 is 11.7 Å². The van der Waals surface area contributed by atoms with Gasteiger partial charge in [-0.15, -0.1) is 0 Å². The van der Waals surface area contributed by atoms with E-state index in [-0.39, 0.29) is 5.91 Å². The van der Waals surface area contributed by atoms with Gasteiger partial charge in [-0.3, -0.25) is 9.48 Å². The number of amides is 1. The minimum Gasteiger partial charge on any atom is -0.313 e. The molecule has 0 radical (unpaired) electrons. The lowest BCUT2D eigenvalue weighted by atomic mass is 10.1. The van der Waals surface area contributed by atoms with Crippen LogP contribution in [0.4, 0.5) is 5.82 Å². The quantitative estimate of drug-likeness (QED) is 0.838. The van der Waals surface area contributed by atoms with E-state index in [1.807, 2.05) is 11.7 Å². The van der Waals surface area contributed by atoms with Crippen molar-refractivity contribution in [3.05, 3.63) is 11.3 Å². The number of carbonyl (C=O) groups is 1. The van der Waals surface area contributed by atoms with Gasteiger partial charge in [0.1, 0.15) is 5.82 Å². The van der Waals surface area contributed by atoms with E-state index >= 15 is 0 Å². The second kappa shape index (κ2) is 4.72. The van der Waals surface area contributed by atoms with Crippen molar-refractivity contribution in [2.75, 3.05) is 11.9 Å². The predicted molar refractivity (Wildman–Crippen MR) is 69.5 cm³/mol. The van der Waals surface area contributed by atoms with Crippen LogP contribution in [0.1, 0.15) is 36.9 Å². The molecule has 98 valence electrons. The van der Waals surface area contributed by atoms with Crippen molar-refractivity contribution in [1.82, 2.24) is 15.1 Å². The standard InChI is InChI=1S/C13H20N4O/c1-17-13(10-5-2-6-11(10)16-17)15-12(18)8-9-4-3-7-14-9/h9,14H,2-8H2,1H3,(H,15,18). The molecule has 3 rings (SSSR count). The Kier molecular flexibility index (Phi) is 3.07. The van der Waals surface area contributed by atoms with E-state index in [9.17, 15) is 4.79 Å². The zero-order valence-corrected chi connectivity index (χ0v) is 10.8. The summed E-state index contributed by atoms with van der Waals surface area (Å²) in [6, 6.07) is 0.353. The molecule has 0 bridgehead atoms. The van der Waals surface area contributed by atoms with Gasteiger partial charge >= 0.3 is 0 Å². The molecule has 1 atom stereocenters. The summed E-state index contributed by atoms with van der Waals surface area (Å²) in [7, 11) is 1.90. The average Bonchev–Trinajstić information content (AvgIpc) is 3.00. The number of fused-ring (bicyclic) bond motifs is 1. The van der Waals surface area contributed by atoms with Crippen molar-refractivity contribution in [1.29, 1.82) is 0 Å². The first kappa shape index (κ1) is 11.7. The van der Waals surface area contributed by atoms with Gasteiger partial charge in [-0.1, -0.05) is 0 Å². The molecule has 1 amide bonds. The second-order valence-corrected chi connectivity index (χ2v) is 5.30. The van der Waals surface area contributed by atoms with Crippen LogP contribution in [-0.4, -0.2) is 28.3 Å². The molecule has 0 aromatic carbocycles. The molecule has 1 saturated heterocycles. The maximum Gasteiger partial charge on any atom is 0.227 e. The van der Waals surface area contributed by atoms with Gasteiger partial charge in [0.25, 0.3) is 0 Å². The van der Waals surface area contributed by atoms with Crippen LogP contribution in [0.5, 0.6) is 0 Å². The van der Waals surface area contributed by atoms with Crippen LogP contribution in [0, 0.1) is 0 Å². The van der Waals surface area contributed by atoms with Crippen LogP contribution in [0.25, 0.3) is 0 Å². The molecule has 1 aliphatic carbocycles. The monoisotopic (exact) mass is 248 g/mol. The van der Waals surface area contributed by atoms with Gasteiger partial charge in [-0.2, -0.15) is 5.10 Å². The molecule has 2 N–H and O–H groups in total. The van der Waals surface area contributed by atoms with E-state index in [0.29, 0.717) is 12.5 Å². The van der Waals surface area contributed by atoms with Crippen molar-refractivity contribution < 1.29 is 4.79 Å². The summed E-state index contributed by atoms with van der Waals surface area (Å²) < 4.78 is 1.81. The zero-order chi connectivity index (χ0) is 12.5. The molecule has 5 heteroatoms. The minimum absolute atomic E-state index is 0.104. The smallest absolute Gasteiger partial charge is 0.227 e. The van der Waals surface area contributed by atoms with Crippen molar-refractivity contribution in [2.45, 2.75) is 44.6 Å². The molecule has 2 heterocycles. The topological polar surface area (TPSA) is 59.0 Å². The van der Waals surface area contributed by atoms with Crippen molar-refractivity contribution in [3.8, 4) is 0 Å². The number of anilines is 1. The number of hydrogen-bond donors (Lipinski definition) is 2. The van der Waals surface area contributed by atoms with E-state index in [1.54, 1.807) is 0 Å². The Morgan fingerprint density at radius 3 is 3.17 bits per heavy atom. The van der Waals surface area contributed by atoms with Crippen LogP contribution in [-0.2, 0) is 24.7 Å². The molecule has 1 aromatic rings. The molecular weight excluding hydrogens is 228 g/mol. The van der Waals surface area contributed by atoms with Gasteiger partial charge in [-0.05, 0) is 38.6 Å². The zero-order valence-electron chi connectivity index (χ0n) is 10.8. The summed E-state index contributed by atoms with van der Waals surface area (Å²) in [4.78, 5) is 12.0. The third kappa shape index (κ3) is 2.14. The van der Waals surface area contributed by atoms with E-state index < -0.39 is 0 Å². The molecule has 0 spiro atoms. The number of hydrogen-bond acceptors (Lipinski definition) is 3.